The molecule has 0 saturated carbocycles. The molecule has 0 bridgehead atoms. The highest BCUT2D eigenvalue weighted by atomic mass is 35.5. The fraction of sp³-hybridized carbons (Fsp3) is 0.250. The maximum Gasteiger partial charge on any atom is 0.0955 e. The van der Waals surface area contributed by atoms with Gasteiger partial charge in [-0.25, -0.2) is 4.98 Å². The molecule has 0 amide bonds. The average Bonchev–Trinajstić information content (AvgIpc) is 3.15. The van der Waals surface area contributed by atoms with Gasteiger partial charge in [0.1, 0.15) is 0 Å². The summed E-state index contributed by atoms with van der Waals surface area (Å²) in [6.45, 7) is 0. The Morgan fingerprint density at radius 3 is 2.56 bits per heavy atom. The molecule has 2 nitrogen and oxygen atoms in total. The van der Waals surface area contributed by atoms with E-state index in [1.54, 1.807) is 0 Å². The summed E-state index contributed by atoms with van der Waals surface area (Å²) in [5.74, 6) is 0.892. The van der Waals surface area contributed by atoms with Crippen molar-refractivity contribution in [3.05, 3.63) is 88.4 Å². The van der Waals surface area contributed by atoms with Crippen molar-refractivity contribution in [2.45, 2.75) is 30.4 Å². The Kier molecular flexibility index (Phi) is 6.85. The Balaban J connectivity index is 1.58. The second-order valence-corrected chi connectivity index (χ2v) is 7.90. The molecule has 3 aromatic rings. The molecule has 1 heterocycles. The maximum atomic E-state index is 6.29. The summed E-state index contributed by atoms with van der Waals surface area (Å²) in [5.41, 5.74) is 2.50. The summed E-state index contributed by atoms with van der Waals surface area (Å²) in [5, 5.41) is 1.97. The number of thioether (sulfide) groups is 1. The summed E-state index contributed by atoms with van der Waals surface area (Å²) in [7, 11) is 0. The Morgan fingerprint density at radius 1 is 1.04 bits per heavy atom. The molecule has 0 aliphatic heterocycles. The molecule has 0 aliphatic rings. The van der Waals surface area contributed by atoms with E-state index < -0.39 is 0 Å². The average molecular weight is 391 g/mol. The number of aryl methyl sites for hydroxylation is 1. The number of aromatic nitrogens is 2. The maximum absolute atomic E-state index is 6.29. The van der Waals surface area contributed by atoms with Crippen molar-refractivity contribution in [1.82, 2.24) is 9.55 Å². The Hall–Kier alpha value is -1.42. The molecule has 0 fully saturated rings. The lowest BCUT2D eigenvalue weighted by Gasteiger charge is -2.18. The third kappa shape index (κ3) is 5.53. The van der Waals surface area contributed by atoms with E-state index in [0.29, 0.717) is 5.37 Å². The second-order valence-electron chi connectivity index (χ2n) is 5.89. The summed E-state index contributed by atoms with van der Waals surface area (Å²) < 4.78 is 2.18. The van der Waals surface area contributed by atoms with Crippen LogP contribution in [0.3, 0.4) is 0 Å². The van der Waals surface area contributed by atoms with Crippen molar-refractivity contribution >= 4 is 35.0 Å². The first-order valence-electron chi connectivity index (χ1n) is 8.29. The third-order valence-electron chi connectivity index (χ3n) is 4.08. The van der Waals surface area contributed by atoms with Crippen molar-refractivity contribution in [1.29, 1.82) is 0 Å². The van der Waals surface area contributed by atoms with Gasteiger partial charge in [0, 0.05) is 28.2 Å². The number of benzene rings is 2. The van der Waals surface area contributed by atoms with Crippen LogP contribution < -0.4 is 0 Å². The highest BCUT2D eigenvalue weighted by molar-refractivity contribution is 7.98. The van der Waals surface area contributed by atoms with Crippen LogP contribution in [0.2, 0.25) is 10.0 Å². The van der Waals surface area contributed by atoms with E-state index in [1.807, 2.05) is 60.8 Å². The van der Waals surface area contributed by atoms with E-state index in [4.69, 9.17) is 23.2 Å². The van der Waals surface area contributed by atoms with Crippen LogP contribution in [0.15, 0.2) is 67.3 Å². The largest absolute Gasteiger partial charge is 0.325 e. The fourth-order valence-corrected chi connectivity index (χ4v) is 4.35. The van der Waals surface area contributed by atoms with Gasteiger partial charge in [-0.1, -0.05) is 53.5 Å². The molecule has 25 heavy (non-hydrogen) atoms. The first kappa shape index (κ1) is 18.4. The predicted molar refractivity (Wildman–Crippen MR) is 108 cm³/mol. The van der Waals surface area contributed by atoms with Crippen LogP contribution >= 0.6 is 35.0 Å². The Morgan fingerprint density at radius 2 is 1.84 bits per heavy atom. The third-order valence-corrected chi connectivity index (χ3v) is 6.04. The van der Waals surface area contributed by atoms with Gasteiger partial charge in [0.15, 0.2) is 0 Å². The number of nitrogens with zero attached hydrogens (tertiary/aromatic N) is 2. The Bertz CT molecular complexity index is 773. The zero-order chi connectivity index (χ0) is 17.5. The van der Waals surface area contributed by atoms with Gasteiger partial charge in [-0.15, -0.1) is 11.8 Å². The molecule has 1 unspecified atom stereocenters. The van der Waals surface area contributed by atoms with Crippen molar-refractivity contribution < 1.29 is 0 Å². The molecule has 0 radical (unpaired) electrons. The van der Waals surface area contributed by atoms with Crippen LogP contribution in [0.25, 0.3) is 0 Å². The zero-order valence-electron chi connectivity index (χ0n) is 13.8. The van der Waals surface area contributed by atoms with E-state index in [-0.39, 0.29) is 0 Å². The zero-order valence-corrected chi connectivity index (χ0v) is 16.1. The SMILES string of the molecule is Clc1ccc(CCCC(SCc2ccccc2Cl)n2ccnc2)cc1. The molecule has 5 heteroatoms. The number of hydrogen-bond acceptors (Lipinski definition) is 2. The quantitative estimate of drug-likeness (QED) is 0.428. The molecule has 130 valence electrons. The highest BCUT2D eigenvalue weighted by Crippen LogP contribution is 2.33. The molecule has 1 atom stereocenters. The van der Waals surface area contributed by atoms with E-state index >= 15 is 0 Å². The molecular formula is C20H20Cl2N2S. The van der Waals surface area contributed by atoms with Crippen LogP contribution in [0, 0.1) is 0 Å². The van der Waals surface area contributed by atoms with Gasteiger partial charge in [-0.3, -0.25) is 0 Å². The van der Waals surface area contributed by atoms with Gasteiger partial charge in [-0.05, 0) is 48.6 Å². The van der Waals surface area contributed by atoms with Crippen molar-refractivity contribution in [2.24, 2.45) is 0 Å². The van der Waals surface area contributed by atoms with Gasteiger partial charge >= 0.3 is 0 Å². The van der Waals surface area contributed by atoms with Crippen LogP contribution in [-0.2, 0) is 12.2 Å². The Labute approximate surface area is 163 Å². The van der Waals surface area contributed by atoms with Crippen LogP contribution in [-0.4, -0.2) is 9.55 Å². The van der Waals surface area contributed by atoms with E-state index in [9.17, 15) is 0 Å². The molecular weight excluding hydrogens is 371 g/mol. The first-order valence-corrected chi connectivity index (χ1v) is 10.1. The van der Waals surface area contributed by atoms with Crippen molar-refractivity contribution in [3.8, 4) is 0 Å². The normalized spacial score (nSPS) is 12.2. The summed E-state index contributed by atoms with van der Waals surface area (Å²) in [6, 6.07) is 16.2. The molecule has 1 aromatic heterocycles. The number of halogens is 2. The van der Waals surface area contributed by atoms with Crippen LogP contribution in [0.1, 0.15) is 29.3 Å². The van der Waals surface area contributed by atoms with Gasteiger partial charge in [-0.2, -0.15) is 0 Å². The molecule has 3 rings (SSSR count). The van der Waals surface area contributed by atoms with Crippen LogP contribution in [0.5, 0.6) is 0 Å². The molecule has 0 aliphatic carbocycles. The lowest BCUT2D eigenvalue weighted by atomic mass is 10.1. The summed E-state index contributed by atoms with van der Waals surface area (Å²) >= 11 is 14.1. The molecule has 0 spiro atoms. The number of imidazole rings is 1. The topological polar surface area (TPSA) is 17.8 Å². The van der Waals surface area contributed by atoms with Crippen molar-refractivity contribution in [2.75, 3.05) is 0 Å². The van der Waals surface area contributed by atoms with Crippen LogP contribution in [0.4, 0.5) is 0 Å². The standard InChI is InChI=1S/C20H20Cl2N2S/c21-18-10-8-16(9-11-18)4-3-7-20(24-13-12-23-15-24)25-14-17-5-1-2-6-19(17)22/h1-2,5-6,8-13,15,20H,3-4,7,14H2. The van der Waals surface area contributed by atoms with Gasteiger partial charge < -0.3 is 4.57 Å². The second kappa shape index (κ2) is 9.33. The molecule has 0 saturated heterocycles. The lowest BCUT2D eigenvalue weighted by molar-refractivity contribution is 0.592. The first-order chi connectivity index (χ1) is 12.2. The van der Waals surface area contributed by atoms with Gasteiger partial charge in [0.25, 0.3) is 0 Å². The summed E-state index contributed by atoms with van der Waals surface area (Å²) in [6.07, 6.45) is 9.00. The van der Waals surface area contributed by atoms with Gasteiger partial charge in [0.05, 0.1) is 11.7 Å². The minimum Gasteiger partial charge on any atom is -0.325 e. The van der Waals surface area contributed by atoms with E-state index in [1.165, 1.54) is 11.1 Å². The number of hydrogen-bond donors (Lipinski definition) is 0. The smallest absolute Gasteiger partial charge is 0.0955 e. The molecule has 2 aromatic carbocycles. The van der Waals surface area contributed by atoms with E-state index in [0.717, 1.165) is 35.1 Å². The fourth-order valence-electron chi connectivity index (χ4n) is 2.69. The monoisotopic (exact) mass is 390 g/mol. The summed E-state index contributed by atoms with van der Waals surface area (Å²) in [4.78, 5) is 4.20. The van der Waals surface area contributed by atoms with E-state index in [2.05, 4.69) is 27.8 Å². The van der Waals surface area contributed by atoms with Gasteiger partial charge in [0.2, 0.25) is 0 Å². The molecule has 0 N–H and O–H groups in total. The van der Waals surface area contributed by atoms with Crippen molar-refractivity contribution in [3.63, 3.8) is 0 Å². The minimum atomic E-state index is 0.353. The number of rotatable bonds is 8. The highest BCUT2D eigenvalue weighted by Gasteiger charge is 2.12. The predicted octanol–water partition coefficient (Wildman–Crippen LogP) is 6.64. The minimum absolute atomic E-state index is 0.353. The lowest BCUT2D eigenvalue weighted by Crippen LogP contribution is -2.04.